The van der Waals surface area contributed by atoms with E-state index in [1.807, 2.05) is 54.6 Å². The van der Waals surface area contributed by atoms with Crippen LogP contribution in [0.5, 0.6) is 0 Å². The molecule has 1 aromatic heterocycles. The van der Waals surface area contributed by atoms with Gasteiger partial charge < -0.3 is 4.74 Å². The molecule has 0 aliphatic heterocycles. The van der Waals surface area contributed by atoms with E-state index in [9.17, 15) is 9.59 Å². The van der Waals surface area contributed by atoms with E-state index >= 15 is 0 Å². The van der Waals surface area contributed by atoms with Crippen molar-refractivity contribution in [3.63, 3.8) is 0 Å². The predicted octanol–water partition coefficient (Wildman–Crippen LogP) is 6.09. The number of ether oxygens (including phenoxy) is 1. The number of carbonyl (C=O) groups excluding carboxylic acids is 2. The average Bonchev–Trinajstić information content (AvgIpc) is 2.78. The molecule has 4 aromatic rings. The summed E-state index contributed by atoms with van der Waals surface area (Å²) in [5, 5.41) is 0.683. The molecular weight excluding hydrogens is 442 g/mol. The van der Waals surface area contributed by atoms with Crippen LogP contribution < -0.4 is 0 Å². The van der Waals surface area contributed by atoms with Crippen LogP contribution >= 0.6 is 15.9 Å². The molecule has 1 unspecified atom stereocenters. The lowest BCUT2D eigenvalue weighted by atomic mass is 10.0. The number of halogens is 1. The quantitative estimate of drug-likeness (QED) is 0.267. The van der Waals surface area contributed by atoms with Gasteiger partial charge in [0.2, 0.25) is 5.78 Å². The van der Waals surface area contributed by atoms with Crippen LogP contribution in [0.3, 0.4) is 0 Å². The summed E-state index contributed by atoms with van der Waals surface area (Å²) in [6, 6.07) is 25.6. The maximum absolute atomic E-state index is 13.0. The third-order valence-corrected chi connectivity index (χ3v) is 5.32. The Morgan fingerprint density at radius 2 is 1.57 bits per heavy atom. The van der Waals surface area contributed by atoms with Crippen molar-refractivity contribution in [3.8, 4) is 11.3 Å². The molecule has 5 heteroatoms. The molecule has 0 spiro atoms. The number of esters is 1. The van der Waals surface area contributed by atoms with Gasteiger partial charge in [0.25, 0.3) is 0 Å². The molecule has 0 amide bonds. The van der Waals surface area contributed by atoms with E-state index in [1.165, 1.54) is 0 Å². The van der Waals surface area contributed by atoms with Crippen molar-refractivity contribution in [1.82, 2.24) is 4.98 Å². The summed E-state index contributed by atoms with van der Waals surface area (Å²) in [4.78, 5) is 30.3. The molecule has 0 saturated carbocycles. The van der Waals surface area contributed by atoms with Crippen LogP contribution in [0.15, 0.2) is 89.4 Å². The number of benzene rings is 3. The Kier molecular flexibility index (Phi) is 5.72. The number of rotatable bonds is 5. The summed E-state index contributed by atoms with van der Waals surface area (Å²) in [6.07, 6.45) is -0.900. The van der Waals surface area contributed by atoms with E-state index in [1.54, 1.807) is 37.3 Å². The molecule has 148 valence electrons. The second-order valence-electron chi connectivity index (χ2n) is 6.86. The zero-order valence-corrected chi connectivity index (χ0v) is 17.8. The number of hydrogen-bond acceptors (Lipinski definition) is 4. The Balaban J connectivity index is 1.69. The molecule has 0 N–H and O–H groups in total. The van der Waals surface area contributed by atoms with Crippen LogP contribution in [-0.4, -0.2) is 22.8 Å². The van der Waals surface area contributed by atoms with E-state index in [0.29, 0.717) is 27.7 Å². The van der Waals surface area contributed by atoms with Gasteiger partial charge in [-0.1, -0.05) is 76.6 Å². The summed E-state index contributed by atoms with van der Waals surface area (Å²) < 4.78 is 6.51. The topological polar surface area (TPSA) is 56.3 Å². The highest BCUT2D eigenvalue weighted by Gasteiger charge is 2.22. The molecule has 0 saturated heterocycles. The third-order valence-electron chi connectivity index (χ3n) is 4.79. The van der Waals surface area contributed by atoms with Gasteiger partial charge in [-0.05, 0) is 31.2 Å². The van der Waals surface area contributed by atoms with Gasteiger partial charge in [-0.25, -0.2) is 9.78 Å². The normalized spacial score (nSPS) is 11.8. The van der Waals surface area contributed by atoms with Crippen LogP contribution in [0, 0.1) is 0 Å². The second kappa shape index (κ2) is 8.59. The minimum Gasteiger partial charge on any atom is -0.451 e. The summed E-state index contributed by atoms with van der Waals surface area (Å²) in [5.74, 6) is -0.792. The highest BCUT2D eigenvalue weighted by atomic mass is 79.9. The number of nitrogens with zero attached hydrogens (tertiary/aromatic N) is 1. The lowest BCUT2D eigenvalue weighted by Gasteiger charge is -2.14. The van der Waals surface area contributed by atoms with Crippen molar-refractivity contribution < 1.29 is 14.3 Å². The van der Waals surface area contributed by atoms with E-state index in [-0.39, 0.29) is 5.78 Å². The van der Waals surface area contributed by atoms with Crippen molar-refractivity contribution in [2.75, 3.05) is 0 Å². The standard InChI is InChI=1S/C25H18BrNO3/c1-16(24(28)18-7-3-2-4-8-18)30-25(29)21-15-23(17-11-13-19(26)14-12-17)27-22-10-6-5-9-20(21)22/h2-16H,1H3. The number of hydrogen-bond donors (Lipinski definition) is 0. The lowest BCUT2D eigenvalue weighted by molar-refractivity contribution is 0.0320. The van der Waals surface area contributed by atoms with Gasteiger partial charge in [0.1, 0.15) is 0 Å². The molecule has 4 rings (SSSR count). The average molecular weight is 460 g/mol. The monoisotopic (exact) mass is 459 g/mol. The molecule has 3 aromatic carbocycles. The third kappa shape index (κ3) is 4.16. The van der Waals surface area contributed by atoms with Gasteiger partial charge in [0.15, 0.2) is 6.10 Å². The second-order valence-corrected chi connectivity index (χ2v) is 7.77. The molecule has 4 nitrogen and oxygen atoms in total. The van der Waals surface area contributed by atoms with Gasteiger partial charge in [-0.2, -0.15) is 0 Å². The molecule has 30 heavy (non-hydrogen) atoms. The first-order chi connectivity index (χ1) is 14.5. The van der Waals surface area contributed by atoms with Gasteiger partial charge in [0, 0.05) is 21.0 Å². The predicted molar refractivity (Wildman–Crippen MR) is 121 cm³/mol. The van der Waals surface area contributed by atoms with E-state index < -0.39 is 12.1 Å². The minimum absolute atomic E-state index is 0.240. The number of ketones is 1. The SMILES string of the molecule is CC(OC(=O)c1cc(-c2ccc(Br)cc2)nc2ccccc12)C(=O)c1ccccc1. The summed E-state index contributed by atoms with van der Waals surface area (Å²) in [7, 11) is 0. The Morgan fingerprint density at radius 1 is 0.900 bits per heavy atom. The van der Waals surface area contributed by atoms with Gasteiger partial charge in [0.05, 0.1) is 16.8 Å². The fraction of sp³-hybridized carbons (Fsp3) is 0.0800. The fourth-order valence-electron chi connectivity index (χ4n) is 3.23. The highest BCUT2D eigenvalue weighted by molar-refractivity contribution is 9.10. The van der Waals surface area contributed by atoms with Crippen LogP contribution in [0.25, 0.3) is 22.2 Å². The van der Waals surface area contributed by atoms with Crippen LogP contribution in [0.2, 0.25) is 0 Å². The molecular formula is C25H18BrNO3. The number of Topliss-reactive ketones (excluding diaryl/α,β-unsaturated/α-hetero) is 1. The van der Waals surface area contributed by atoms with E-state index in [4.69, 9.17) is 9.72 Å². The Morgan fingerprint density at radius 3 is 2.30 bits per heavy atom. The van der Waals surface area contributed by atoms with Crippen LogP contribution in [-0.2, 0) is 4.74 Å². The maximum atomic E-state index is 13.0. The van der Waals surface area contributed by atoms with Crippen molar-refractivity contribution in [3.05, 3.63) is 101 Å². The van der Waals surface area contributed by atoms with Gasteiger partial charge in [-0.15, -0.1) is 0 Å². The Labute approximate surface area is 182 Å². The molecule has 0 radical (unpaired) electrons. The summed E-state index contributed by atoms with van der Waals surface area (Å²) >= 11 is 3.43. The Hall–Kier alpha value is -3.31. The smallest absolute Gasteiger partial charge is 0.339 e. The van der Waals surface area contributed by atoms with Crippen molar-refractivity contribution in [2.24, 2.45) is 0 Å². The molecule has 0 aliphatic carbocycles. The zero-order valence-electron chi connectivity index (χ0n) is 16.2. The number of para-hydroxylation sites is 1. The van der Waals surface area contributed by atoms with Crippen LogP contribution in [0.4, 0.5) is 0 Å². The Bertz CT molecular complexity index is 1220. The molecule has 0 aliphatic rings. The van der Waals surface area contributed by atoms with Gasteiger partial charge >= 0.3 is 5.97 Å². The largest absolute Gasteiger partial charge is 0.451 e. The first-order valence-corrected chi connectivity index (χ1v) is 10.3. The number of fused-ring (bicyclic) bond motifs is 1. The molecule has 0 bridgehead atoms. The maximum Gasteiger partial charge on any atom is 0.339 e. The van der Waals surface area contributed by atoms with Crippen LogP contribution in [0.1, 0.15) is 27.6 Å². The van der Waals surface area contributed by atoms with E-state index in [0.717, 1.165) is 10.0 Å². The first kappa shape index (κ1) is 20.0. The number of aromatic nitrogens is 1. The van der Waals surface area contributed by atoms with Crippen molar-refractivity contribution >= 4 is 38.6 Å². The first-order valence-electron chi connectivity index (χ1n) is 9.49. The van der Waals surface area contributed by atoms with Gasteiger partial charge in [-0.3, -0.25) is 4.79 Å². The fourth-order valence-corrected chi connectivity index (χ4v) is 3.49. The number of carbonyl (C=O) groups is 2. The molecule has 1 atom stereocenters. The zero-order chi connectivity index (χ0) is 21.1. The number of pyridine rings is 1. The summed E-state index contributed by atoms with van der Waals surface area (Å²) in [5.41, 5.74) is 3.12. The van der Waals surface area contributed by atoms with Crippen molar-refractivity contribution in [2.45, 2.75) is 13.0 Å². The molecule has 0 fully saturated rings. The summed E-state index contributed by atoms with van der Waals surface area (Å²) in [6.45, 7) is 1.59. The van der Waals surface area contributed by atoms with E-state index in [2.05, 4.69) is 15.9 Å². The lowest BCUT2D eigenvalue weighted by Crippen LogP contribution is -2.24. The molecule has 1 heterocycles. The van der Waals surface area contributed by atoms with Crippen molar-refractivity contribution in [1.29, 1.82) is 0 Å². The minimum atomic E-state index is -0.900. The highest BCUT2D eigenvalue weighted by Crippen LogP contribution is 2.27.